The van der Waals surface area contributed by atoms with Crippen LogP contribution in [-0.4, -0.2) is 50.2 Å². The molecule has 2 aromatic carbocycles. The predicted octanol–water partition coefficient (Wildman–Crippen LogP) is 3.29. The van der Waals surface area contributed by atoms with E-state index in [0.29, 0.717) is 25.9 Å². The zero-order valence-electron chi connectivity index (χ0n) is 17.5. The van der Waals surface area contributed by atoms with Crippen molar-refractivity contribution in [1.82, 2.24) is 14.9 Å². The smallest absolute Gasteiger partial charge is 0.335 e. The normalized spacial score (nSPS) is 15.2. The Bertz CT molecular complexity index is 1070. The highest BCUT2D eigenvalue weighted by Crippen LogP contribution is 2.33. The number of urea groups is 1. The molecule has 0 saturated carbocycles. The standard InChI is InChI=1S/C24H24N4O4/c29-21(30)19-9-7-18(8-10-19)17-28(22-25-13-4-14-26-22)23(31)27-15-11-24(32,12-16-27)20-5-2-1-3-6-20/h1-10,13-14,32H,11-12,15-17H2,(H,29,30). The summed E-state index contributed by atoms with van der Waals surface area (Å²) in [4.78, 5) is 36.2. The minimum atomic E-state index is -1.00. The molecule has 2 N–H and O–H groups in total. The monoisotopic (exact) mass is 432 g/mol. The van der Waals surface area contributed by atoms with Gasteiger partial charge in [-0.2, -0.15) is 0 Å². The molecule has 8 heteroatoms. The summed E-state index contributed by atoms with van der Waals surface area (Å²) in [6.45, 7) is 0.985. The van der Waals surface area contributed by atoms with Crippen LogP contribution in [-0.2, 0) is 12.1 Å². The third-order valence-corrected chi connectivity index (χ3v) is 5.74. The summed E-state index contributed by atoms with van der Waals surface area (Å²) in [6.07, 6.45) is 4.00. The summed E-state index contributed by atoms with van der Waals surface area (Å²) in [5.41, 5.74) is 0.833. The van der Waals surface area contributed by atoms with Crippen LogP contribution in [0.2, 0.25) is 0 Å². The number of aromatic carboxylic acids is 1. The van der Waals surface area contributed by atoms with Gasteiger partial charge in [-0.3, -0.25) is 4.90 Å². The van der Waals surface area contributed by atoms with Crippen molar-refractivity contribution in [3.8, 4) is 0 Å². The highest BCUT2D eigenvalue weighted by Gasteiger charge is 2.37. The average Bonchev–Trinajstić information content (AvgIpc) is 2.84. The lowest BCUT2D eigenvalue weighted by Crippen LogP contribution is -2.50. The Kier molecular flexibility index (Phi) is 6.13. The van der Waals surface area contributed by atoms with Crippen LogP contribution < -0.4 is 4.90 Å². The SMILES string of the molecule is O=C(O)c1ccc(CN(C(=O)N2CCC(O)(c3ccccc3)CC2)c2ncccn2)cc1. The number of amides is 2. The van der Waals surface area contributed by atoms with E-state index in [1.165, 1.54) is 17.0 Å². The number of likely N-dealkylation sites (tertiary alicyclic amines) is 1. The molecule has 164 valence electrons. The van der Waals surface area contributed by atoms with Crippen LogP contribution in [0.4, 0.5) is 10.7 Å². The van der Waals surface area contributed by atoms with Crippen LogP contribution in [0.5, 0.6) is 0 Å². The van der Waals surface area contributed by atoms with Crippen molar-refractivity contribution in [1.29, 1.82) is 0 Å². The lowest BCUT2D eigenvalue weighted by atomic mass is 9.84. The van der Waals surface area contributed by atoms with E-state index >= 15 is 0 Å². The van der Waals surface area contributed by atoms with E-state index in [9.17, 15) is 14.7 Å². The zero-order chi connectivity index (χ0) is 22.6. The molecule has 0 bridgehead atoms. The van der Waals surface area contributed by atoms with Crippen LogP contribution in [0, 0.1) is 0 Å². The molecule has 0 atom stereocenters. The number of anilines is 1. The Balaban J connectivity index is 1.52. The van der Waals surface area contributed by atoms with Gasteiger partial charge >= 0.3 is 12.0 Å². The number of carboxylic acids is 1. The van der Waals surface area contributed by atoms with Crippen molar-refractivity contribution < 1.29 is 19.8 Å². The summed E-state index contributed by atoms with van der Waals surface area (Å²) in [7, 11) is 0. The first kappa shape index (κ1) is 21.5. The zero-order valence-corrected chi connectivity index (χ0v) is 17.5. The lowest BCUT2D eigenvalue weighted by molar-refractivity contribution is -0.0163. The second-order valence-electron chi connectivity index (χ2n) is 7.80. The molecule has 1 fully saturated rings. The van der Waals surface area contributed by atoms with E-state index in [4.69, 9.17) is 5.11 Å². The van der Waals surface area contributed by atoms with E-state index in [1.807, 2.05) is 30.3 Å². The highest BCUT2D eigenvalue weighted by molar-refractivity contribution is 5.90. The number of carboxylic acid groups (broad SMARTS) is 1. The first-order valence-electron chi connectivity index (χ1n) is 10.4. The maximum Gasteiger partial charge on any atom is 0.335 e. The number of carbonyl (C=O) groups excluding carboxylic acids is 1. The molecule has 0 radical (unpaired) electrons. The largest absolute Gasteiger partial charge is 0.478 e. The van der Waals surface area contributed by atoms with Gasteiger partial charge in [0, 0.05) is 25.5 Å². The number of aromatic nitrogens is 2. The molecule has 2 amide bonds. The lowest BCUT2D eigenvalue weighted by Gasteiger charge is -2.40. The van der Waals surface area contributed by atoms with E-state index in [2.05, 4.69) is 9.97 Å². The minimum Gasteiger partial charge on any atom is -0.478 e. The fourth-order valence-electron chi connectivity index (χ4n) is 3.87. The van der Waals surface area contributed by atoms with Crippen molar-refractivity contribution in [2.24, 2.45) is 0 Å². The molecule has 0 aliphatic carbocycles. The Morgan fingerprint density at radius 1 is 0.938 bits per heavy atom. The maximum absolute atomic E-state index is 13.4. The Labute approximate surface area is 185 Å². The summed E-state index contributed by atoms with van der Waals surface area (Å²) in [5.74, 6) is -0.737. The van der Waals surface area contributed by atoms with Crippen molar-refractivity contribution >= 4 is 17.9 Å². The second-order valence-corrected chi connectivity index (χ2v) is 7.80. The summed E-state index contributed by atoms with van der Waals surface area (Å²) in [6, 6.07) is 17.3. The van der Waals surface area contributed by atoms with Crippen LogP contribution >= 0.6 is 0 Å². The van der Waals surface area contributed by atoms with E-state index in [1.54, 1.807) is 35.5 Å². The fraction of sp³-hybridized carbons (Fsp3) is 0.250. The third-order valence-electron chi connectivity index (χ3n) is 5.74. The molecule has 3 aromatic rings. The molecule has 1 aliphatic rings. The Hall–Kier alpha value is -3.78. The number of benzene rings is 2. The Morgan fingerprint density at radius 3 is 2.16 bits per heavy atom. The number of aliphatic hydroxyl groups is 1. The first-order valence-corrected chi connectivity index (χ1v) is 10.4. The first-order chi connectivity index (χ1) is 15.5. The van der Waals surface area contributed by atoms with Crippen molar-refractivity contribution in [3.05, 3.63) is 89.7 Å². The van der Waals surface area contributed by atoms with Crippen LogP contribution in [0.15, 0.2) is 73.1 Å². The molecule has 1 aliphatic heterocycles. The number of hydrogen-bond donors (Lipinski definition) is 2. The van der Waals surface area contributed by atoms with Crippen LogP contribution in [0.1, 0.15) is 34.3 Å². The number of nitrogens with zero attached hydrogens (tertiary/aromatic N) is 4. The molecule has 0 spiro atoms. The molecular formula is C24H24N4O4. The minimum absolute atomic E-state index is 0.179. The van der Waals surface area contributed by atoms with Crippen molar-refractivity contribution in [2.45, 2.75) is 25.0 Å². The van der Waals surface area contributed by atoms with E-state index in [-0.39, 0.29) is 24.1 Å². The Morgan fingerprint density at radius 2 is 1.56 bits per heavy atom. The molecular weight excluding hydrogens is 408 g/mol. The van der Waals surface area contributed by atoms with Crippen LogP contribution in [0.25, 0.3) is 0 Å². The summed E-state index contributed by atoms with van der Waals surface area (Å²) >= 11 is 0. The van der Waals surface area contributed by atoms with Gasteiger partial charge in [0.25, 0.3) is 0 Å². The van der Waals surface area contributed by atoms with Crippen LogP contribution in [0.3, 0.4) is 0 Å². The van der Waals surface area contributed by atoms with E-state index in [0.717, 1.165) is 11.1 Å². The summed E-state index contributed by atoms with van der Waals surface area (Å²) < 4.78 is 0. The quantitative estimate of drug-likeness (QED) is 0.641. The molecule has 0 unspecified atom stereocenters. The molecule has 32 heavy (non-hydrogen) atoms. The van der Waals surface area contributed by atoms with Gasteiger partial charge in [0.1, 0.15) is 0 Å². The topological polar surface area (TPSA) is 107 Å². The highest BCUT2D eigenvalue weighted by atomic mass is 16.4. The van der Waals surface area contributed by atoms with Gasteiger partial charge in [-0.15, -0.1) is 0 Å². The van der Waals surface area contributed by atoms with Crippen molar-refractivity contribution in [3.63, 3.8) is 0 Å². The number of rotatable bonds is 5. The van der Waals surface area contributed by atoms with Gasteiger partial charge in [0.2, 0.25) is 5.95 Å². The summed E-state index contributed by atoms with van der Waals surface area (Å²) in [5, 5.41) is 20.2. The van der Waals surface area contributed by atoms with Gasteiger partial charge in [-0.25, -0.2) is 19.6 Å². The number of piperidine rings is 1. The number of carbonyl (C=O) groups is 2. The van der Waals surface area contributed by atoms with Gasteiger partial charge in [-0.05, 0) is 42.2 Å². The van der Waals surface area contributed by atoms with Gasteiger partial charge in [0.05, 0.1) is 17.7 Å². The molecule has 1 saturated heterocycles. The molecule has 2 heterocycles. The van der Waals surface area contributed by atoms with Gasteiger partial charge < -0.3 is 15.1 Å². The molecule has 1 aromatic heterocycles. The van der Waals surface area contributed by atoms with E-state index < -0.39 is 11.6 Å². The third kappa shape index (κ3) is 4.60. The maximum atomic E-state index is 13.4. The molecule has 8 nitrogen and oxygen atoms in total. The van der Waals surface area contributed by atoms with Gasteiger partial charge in [0.15, 0.2) is 0 Å². The average molecular weight is 432 g/mol. The van der Waals surface area contributed by atoms with Gasteiger partial charge in [-0.1, -0.05) is 42.5 Å². The fourth-order valence-corrected chi connectivity index (χ4v) is 3.87. The predicted molar refractivity (Wildman–Crippen MR) is 118 cm³/mol. The van der Waals surface area contributed by atoms with Crippen molar-refractivity contribution in [2.75, 3.05) is 18.0 Å². The molecule has 4 rings (SSSR count). The number of hydrogen-bond acceptors (Lipinski definition) is 5. The second kappa shape index (κ2) is 9.15.